The van der Waals surface area contributed by atoms with Gasteiger partial charge in [0.05, 0.1) is 31.7 Å². The van der Waals surface area contributed by atoms with Crippen molar-refractivity contribution in [3.8, 4) is 23.0 Å². The molecule has 1 N–H and O–H groups in total. The molecule has 1 fully saturated rings. The summed E-state index contributed by atoms with van der Waals surface area (Å²) in [6.07, 6.45) is 8.90. The molecule has 0 bridgehead atoms. The van der Waals surface area contributed by atoms with Crippen LogP contribution in [-0.4, -0.2) is 64.7 Å². The summed E-state index contributed by atoms with van der Waals surface area (Å²) in [5.74, 6) is 0.406. The van der Waals surface area contributed by atoms with Gasteiger partial charge in [-0.15, -0.1) is 0 Å². The van der Waals surface area contributed by atoms with E-state index in [0.717, 1.165) is 19.3 Å². The quantitative estimate of drug-likeness (QED) is 0.146. The average Bonchev–Trinajstić information content (AvgIpc) is 3.61. The highest BCUT2D eigenvalue weighted by Gasteiger charge is 2.46. The van der Waals surface area contributed by atoms with Crippen LogP contribution in [0.15, 0.2) is 60.7 Å². The Kier molecular flexibility index (Phi) is 8.76. The summed E-state index contributed by atoms with van der Waals surface area (Å²) in [7, 11) is 1.55. The van der Waals surface area contributed by atoms with Gasteiger partial charge in [-0.1, -0.05) is 25.8 Å². The van der Waals surface area contributed by atoms with Crippen molar-refractivity contribution in [2.75, 3.05) is 33.5 Å². The molecule has 1 saturated heterocycles. The summed E-state index contributed by atoms with van der Waals surface area (Å²) in [5.41, 5.74) is 0.996. The number of unbranched alkanes of at least 4 members (excludes halogenated alkanes) is 2. The number of amides is 1. The molecule has 2 aliphatic heterocycles. The van der Waals surface area contributed by atoms with Crippen molar-refractivity contribution < 1.29 is 33.6 Å². The van der Waals surface area contributed by atoms with E-state index >= 15 is 0 Å². The maximum atomic E-state index is 13.5. The van der Waals surface area contributed by atoms with Crippen molar-refractivity contribution in [1.29, 1.82) is 0 Å². The summed E-state index contributed by atoms with van der Waals surface area (Å²) >= 11 is 0. The molecule has 5 rings (SSSR count). The molecule has 3 aromatic rings. The monoisotopic (exact) mass is 561 g/mol. The molecular formula is C31H35N3O7. The number of aliphatic hydroxyl groups is 1. The van der Waals surface area contributed by atoms with Gasteiger partial charge in [-0.3, -0.25) is 9.59 Å². The van der Waals surface area contributed by atoms with Gasteiger partial charge in [0.1, 0.15) is 19.0 Å². The number of aryl methyl sites for hydroxylation is 1. The van der Waals surface area contributed by atoms with E-state index in [1.165, 1.54) is 4.90 Å². The minimum absolute atomic E-state index is 0.00739. The van der Waals surface area contributed by atoms with Crippen LogP contribution in [0.3, 0.4) is 0 Å². The summed E-state index contributed by atoms with van der Waals surface area (Å²) in [4.78, 5) is 32.5. The molecule has 0 aliphatic carbocycles. The van der Waals surface area contributed by atoms with Crippen LogP contribution in [0.4, 0.5) is 0 Å². The molecule has 1 aromatic heterocycles. The number of ketones is 1. The van der Waals surface area contributed by atoms with Crippen LogP contribution in [0.5, 0.6) is 23.0 Å². The first-order valence-corrected chi connectivity index (χ1v) is 14.0. The second-order valence-corrected chi connectivity index (χ2v) is 9.97. The molecule has 1 atom stereocenters. The molecule has 216 valence electrons. The van der Waals surface area contributed by atoms with Gasteiger partial charge in [-0.25, -0.2) is 4.98 Å². The first kappa shape index (κ1) is 28.1. The van der Waals surface area contributed by atoms with Gasteiger partial charge in [0.25, 0.3) is 11.7 Å². The predicted molar refractivity (Wildman–Crippen MR) is 151 cm³/mol. The number of benzene rings is 2. The van der Waals surface area contributed by atoms with Crippen molar-refractivity contribution >= 4 is 17.4 Å². The third kappa shape index (κ3) is 6.01. The van der Waals surface area contributed by atoms with Crippen LogP contribution < -0.4 is 18.9 Å². The van der Waals surface area contributed by atoms with Gasteiger partial charge in [-0.2, -0.15) is 0 Å². The van der Waals surface area contributed by atoms with E-state index in [9.17, 15) is 14.7 Å². The fourth-order valence-electron chi connectivity index (χ4n) is 5.15. The highest BCUT2D eigenvalue weighted by molar-refractivity contribution is 6.46. The summed E-state index contributed by atoms with van der Waals surface area (Å²) in [6, 6.07) is 9.51. The molecule has 2 aromatic carbocycles. The number of fused-ring (bicyclic) bond motifs is 1. The van der Waals surface area contributed by atoms with Crippen LogP contribution in [0.25, 0.3) is 5.76 Å². The van der Waals surface area contributed by atoms with Crippen molar-refractivity contribution in [3.05, 3.63) is 71.8 Å². The van der Waals surface area contributed by atoms with E-state index in [-0.39, 0.29) is 11.3 Å². The number of likely N-dealkylation sites (tertiary alicyclic amines) is 1. The van der Waals surface area contributed by atoms with E-state index in [1.54, 1.807) is 50.0 Å². The lowest BCUT2D eigenvalue weighted by atomic mass is 9.94. The number of rotatable bonds is 12. The Hall–Kier alpha value is -4.47. The number of Topliss-reactive ketones (excluding diaryl/α,β-unsaturated/α-hetero) is 1. The standard InChI is InChI=1S/C31H35N3O7/c1-3-4-5-15-39-23-9-7-21(18-25(23)38-2)28-27(29(35)22-8-10-24-26(19-22)41-17-16-40-24)30(36)31(37)34(28)13-6-12-33-14-11-32-20-33/h7-11,14,18-20,28,35H,3-6,12-13,15-17H2,1-2H3/b29-27+/t28-/m1/s1. The van der Waals surface area contributed by atoms with E-state index in [1.807, 2.05) is 16.8 Å². The van der Waals surface area contributed by atoms with E-state index in [4.69, 9.17) is 18.9 Å². The van der Waals surface area contributed by atoms with Crippen LogP contribution in [0, 0.1) is 0 Å². The largest absolute Gasteiger partial charge is 0.507 e. The van der Waals surface area contributed by atoms with Crippen LogP contribution in [0.2, 0.25) is 0 Å². The van der Waals surface area contributed by atoms with Crippen molar-refractivity contribution in [3.63, 3.8) is 0 Å². The second-order valence-electron chi connectivity index (χ2n) is 9.97. The minimum Gasteiger partial charge on any atom is -0.507 e. The van der Waals surface area contributed by atoms with Gasteiger partial charge in [-0.05, 0) is 48.7 Å². The van der Waals surface area contributed by atoms with E-state index in [2.05, 4.69) is 11.9 Å². The number of carbonyl (C=O) groups excluding carboxylic acids is 2. The molecule has 41 heavy (non-hydrogen) atoms. The van der Waals surface area contributed by atoms with Gasteiger partial charge >= 0.3 is 0 Å². The number of imidazole rings is 1. The normalized spacial score (nSPS) is 17.6. The summed E-state index contributed by atoms with van der Waals surface area (Å²) in [6.45, 7) is 4.41. The average molecular weight is 562 g/mol. The smallest absolute Gasteiger partial charge is 0.295 e. The first-order chi connectivity index (χ1) is 20.0. The maximum absolute atomic E-state index is 13.5. The highest BCUT2D eigenvalue weighted by Crippen LogP contribution is 2.43. The number of hydrogen-bond donors (Lipinski definition) is 1. The molecule has 0 spiro atoms. The first-order valence-electron chi connectivity index (χ1n) is 14.0. The SMILES string of the molecule is CCCCCOc1ccc([C@@H]2/C(=C(\O)c3ccc4c(c3)OCCO4)C(=O)C(=O)N2CCCn2ccnc2)cc1OC. The summed E-state index contributed by atoms with van der Waals surface area (Å²) < 4.78 is 24.8. The molecule has 2 aliphatic rings. The third-order valence-electron chi connectivity index (χ3n) is 7.24. The topological polar surface area (TPSA) is 112 Å². The minimum atomic E-state index is -0.825. The Morgan fingerprint density at radius 3 is 2.61 bits per heavy atom. The maximum Gasteiger partial charge on any atom is 0.295 e. The molecule has 10 nitrogen and oxygen atoms in total. The van der Waals surface area contributed by atoms with E-state index in [0.29, 0.717) is 73.5 Å². The lowest BCUT2D eigenvalue weighted by molar-refractivity contribution is -0.139. The number of aliphatic hydroxyl groups excluding tert-OH is 1. The number of nitrogens with zero attached hydrogens (tertiary/aromatic N) is 3. The molecule has 10 heteroatoms. The second kappa shape index (κ2) is 12.8. The lowest BCUT2D eigenvalue weighted by Gasteiger charge is -2.26. The molecule has 3 heterocycles. The Balaban J connectivity index is 1.51. The fraction of sp³-hybridized carbons (Fsp3) is 0.387. The zero-order valence-electron chi connectivity index (χ0n) is 23.4. The highest BCUT2D eigenvalue weighted by atomic mass is 16.6. The Labute approximate surface area is 239 Å². The van der Waals surface area contributed by atoms with Crippen LogP contribution in [-0.2, 0) is 16.1 Å². The molecule has 0 unspecified atom stereocenters. The zero-order valence-corrected chi connectivity index (χ0v) is 23.4. The van der Waals surface area contributed by atoms with Gasteiger partial charge in [0.2, 0.25) is 0 Å². The number of ether oxygens (including phenoxy) is 4. The summed E-state index contributed by atoms with van der Waals surface area (Å²) in [5, 5.41) is 11.5. The third-order valence-corrected chi connectivity index (χ3v) is 7.24. The van der Waals surface area contributed by atoms with Crippen molar-refractivity contribution in [2.24, 2.45) is 0 Å². The number of methoxy groups -OCH3 is 1. The lowest BCUT2D eigenvalue weighted by Crippen LogP contribution is -2.31. The van der Waals surface area contributed by atoms with Crippen LogP contribution >= 0.6 is 0 Å². The fourth-order valence-corrected chi connectivity index (χ4v) is 5.15. The Morgan fingerprint density at radius 2 is 1.85 bits per heavy atom. The predicted octanol–water partition coefficient (Wildman–Crippen LogP) is 4.74. The molecule has 0 radical (unpaired) electrons. The molecule has 0 saturated carbocycles. The van der Waals surface area contributed by atoms with Crippen molar-refractivity contribution in [1.82, 2.24) is 14.5 Å². The Morgan fingerprint density at radius 1 is 1.02 bits per heavy atom. The Bertz CT molecular complexity index is 1420. The molecular weight excluding hydrogens is 526 g/mol. The van der Waals surface area contributed by atoms with Crippen molar-refractivity contribution in [2.45, 2.75) is 45.2 Å². The number of hydrogen-bond acceptors (Lipinski definition) is 8. The van der Waals surface area contributed by atoms with Crippen LogP contribution in [0.1, 0.15) is 49.8 Å². The van der Waals surface area contributed by atoms with Gasteiger partial charge in [0, 0.05) is 31.0 Å². The van der Waals surface area contributed by atoms with Gasteiger partial charge < -0.3 is 33.5 Å². The number of aromatic nitrogens is 2. The zero-order chi connectivity index (χ0) is 28.8. The van der Waals surface area contributed by atoms with E-state index < -0.39 is 17.7 Å². The molecule has 1 amide bonds. The van der Waals surface area contributed by atoms with Gasteiger partial charge in [0.15, 0.2) is 23.0 Å². The number of carbonyl (C=O) groups is 2.